The van der Waals surface area contributed by atoms with Crippen molar-refractivity contribution in [3.8, 4) is 0 Å². The quantitative estimate of drug-likeness (QED) is 0.918. The predicted molar refractivity (Wildman–Crippen MR) is 76.5 cm³/mol. The maximum Gasteiger partial charge on any atom is 0.305 e. The van der Waals surface area contributed by atoms with E-state index in [9.17, 15) is 9.90 Å². The number of aliphatic carboxylic acids is 1. The number of hydrogen-bond acceptors (Lipinski definition) is 2. The van der Waals surface area contributed by atoms with Crippen LogP contribution in [-0.2, 0) is 10.3 Å². The fourth-order valence-corrected chi connectivity index (χ4v) is 3.30. The molecule has 3 nitrogen and oxygen atoms in total. The molecule has 1 fully saturated rings. The van der Waals surface area contributed by atoms with Crippen LogP contribution >= 0.6 is 11.6 Å². The molecule has 2 rings (SSSR count). The van der Waals surface area contributed by atoms with Gasteiger partial charge in [0.1, 0.15) is 0 Å². The minimum atomic E-state index is -0.784. The molecular weight excluding hydrogens is 262 g/mol. The van der Waals surface area contributed by atoms with Crippen LogP contribution in [0.1, 0.15) is 38.2 Å². The highest BCUT2D eigenvalue weighted by Gasteiger charge is 2.37. The van der Waals surface area contributed by atoms with E-state index < -0.39 is 11.5 Å². The van der Waals surface area contributed by atoms with Crippen LogP contribution < -0.4 is 0 Å². The van der Waals surface area contributed by atoms with E-state index in [0.717, 1.165) is 31.5 Å². The highest BCUT2D eigenvalue weighted by Crippen LogP contribution is 2.37. The van der Waals surface area contributed by atoms with Crippen molar-refractivity contribution >= 4 is 17.6 Å². The van der Waals surface area contributed by atoms with Crippen molar-refractivity contribution in [2.75, 3.05) is 13.1 Å². The van der Waals surface area contributed by atoms with E-state index >= 15 is 0 Å². The molecule has 4 heteroatoms. The first-order valence-corrected chi connectivity index (χ1v) is 7.14. The topological polar surface area (TPSA) is 40.5 Å². The Morgan fingerprint density at radius 2 is 1.95 bits per heavy atom. The van der Waals surface area contributed by atoms with Crippen molar-refractivity contribution in [2.24, 2.45) is 0 Å². The third-order valence-electron chi connectivity index (χ3n) is 4.00. The van der Waals surface area contributed by atoms with E-state index in [0.29, 0.717) is 5.02 Å². The second-order valence-corrected chi connectivity index (χ2v) is 5.78. The van der Waals surface area contributed by atoms with Crippen LogP contribution in [0.15, 0.2) is 24.3 Å². The molecule has 1 unspecified atom stereocenters. The summed E-state index contributed by atoms with van der Waals surface area (Å²) in [5.74, 6) is -0.784. The SMILES string of the molecule is CC(CC(=O)O)(c1ccccc1Cl)N1CCCCC1. The minimum absolute atomic E-state index is 0.0801. The lowest BCUT2D eigenvalue weighted by atomic mass is 9.85. The van der Waals surface area contributed by atoms with Crippen LogP contribution in [-0.4, -0.2) is 29.1 Å². The van der Waals surface area contributed by atoms with Crippen LogP contribution in [0.2, 0.25) is 5.02 Å². The van der Waals surface area contributed by atoms with Gasteiger partial charge in [-0.3, -0.25) is 9.69 Å². The molecule has 1 N–H and O–H groups in total. The Morgan fingerprint density at radius 3 is 2.53 bits per heavy atom. The molecular formula is C15H20ClNO2. The Bertz CT molecular complexity index is 457. The van der Waals surface area contributed by atoms with Crippen molar-refractivity contribution in [2.45, 2.75) is 38.1 Å². The number of carbonyl (C=O) groups is 1. The molecule has 1 aromatic carbocycles. The van der Waals surface area contributed by atoms with Gasteiger partial charge >= 0.3 is 5.97 Å². The lowest BCUT2D eigenvalue weighted by Crippen LogP contribution is -2.48. The Morgan fingerprint density at radius 1 is 1.32 bits per heavy atom. The summed E-state index contributed by atoms with van der Waals surface area (Å²) in [7, 11) is 0. The van der Waals surface area contributed by atoms with Gasteiger partial charge in [0.05, 0.1) is 12.0 Å². The molecule has 0 aliphatic carbocycles. The van der Waals surface area contributed by atoms with Gasteiger partial charge in [-0.25, -0.2) is 0 Å². The summed E-state index contributed by atoms with van der Waals surface area (Å²) in [5, 5.41) is 9.91. The van der Waals surface area contributed by atoms with E-state index in [4.69, 9.17) is 11.6 Å². The molecule has 0 radical (unpaired) electrons. The molecule has 1 aliphatic heterocycles. The summed E-state index contributed by atoms with van der Waals surface area (Å²) in [6.07, 6.45) is 3.55. The number of nitrogens with zero attached hydrogens (tertiary/aromatic N) is 1. The Kier molecular flexibility index (Phi) is 4.48. The number of hydrogen-bond donors (Lipinski definition) is 1. The summed E-state index contributed by atoms with van der Waals surface area (Å²) in [6.45, 7) is 3.87. The second kappa shape index (κ2) is 5.93. The largest absolute Gasteiger partial charge is 0.481 e. The Hall–Kier alpha value is -1.06. The lowest BCUT2D eigenvalue weighted by Gasteiger charge is -2.43. The summed E-state index contributed by atoms with van der Waals surface area (Å²) in [6, 6.07) is 7.58. The molecule has 1 heterocycles. The van der Waals surface area contributed by atoms with Crippen LogP contribution in [0.25, 0.3) is 0 Å². The van der Waals surface area contributed by atoms with Gasteiger partial charge in [-0.2, -0.15) is 0 Å². The minimum Gasteiger partial charge on any atom is -0.481 e. The zero-order valence-corrected chi connectivity index (χ0v) is 12.0. The van der Waals surface area contributed by atoms with Gasteiger partial charge in [0, 0.05) is 5.02 Å². The van der Waals surface area contributed by atoms with Gasteiger partial charge in [0.2, 0.25) is 0 Å². The molecule has 1 aliphatic rings. The van der Waals surface area contributed by atoms with Gasteiger partial charge in [0.15, 0.2) is 0 Å². The molecule has 1 atom stereocenters. The van der Waals surface area contributed by atoms with Crippen LogP contribution in [0, 0.1) is 0 Å². The Labute approximate surface area is 119 Å². The van der Waals surface area contributed by atoms with E-state index in [1.54, 1.807) is 0 Å². The first-order valence-electron chi connectivity index (χ1n) is 6.76. The highest BCUT2D eigenvalue weighted by molar-refractivity contribution is 6.31. The van der Waals surface area contributed by atoms with Crippen LogP contribution in [0.5, 0.6) is 0 Å². The number of rotatable bonds is 4. The van der Waals surface area contributed by atoms with Crippen LogP contribution in [0.4, 0.5) is 0 Å². The number of benzene rings is 1. The predicted octanol–water partition coefficient (Wildman–Crippen LogP) is 3.52. The Balaban J connectivity index is 2.38. The first-order chi connectivity index (χ1) is 9.04. The molecule has 1 saturated heterocycles. The van der Waals surface area contributed by atoms with Gasteiger partial charge < -0.3 is 5.11 Å². The summed E-state index contributed by atoms with van der Waals surface area (Å²) < 4.78 is 0. The number of halogens is 1. The highest BCUT2D eigenvalue weighted by atomic mass is 35.5. The summed E-state index contributed by atoms with van der Waals surface area (Å²) >= 11 is 6.29. The molecule has 1 aromatic rings. The third-order valence-corrected chi connectivity index (χ3v) is 4.33. The molecule has 0 aromatic heterocycles. The zero-order valence-electron chi connectivity index (χ0n) is 11.2. The third kappa shape index (κ3) is 3.10. The van der Waals surface area contributed by atoms with Gasteiger partial charge in [-0.15, -0.1) is 0 Å². The van der Waals surface area contributed by atoms with E-state index in [1.807, 2.05) is 31.2 Å². The number of piperidine rings is 1. The van der Waals surface area contributed by atoms with Gasteiger partial charge in [0.25, 0.3) is 0 Å². The van der Waals surface area contributed by atoms with Crippen molar-refractivity contribution in [1.82, 2.24) is 4.90 Å². The maximum absolute atomic E-state index is 11.3. The van der Waals surface area contributed by atoms with Crippen molar-refractivity contribution < 1.29 is 9.90 Å². The van der Waals surface area contributed by atoms with Crippen molar-refractivity contribution in [3.05, 3.63) is 34.9 Å². The molecule has 104 valence electrons. The summed E-state index contributed by atoms with van der Waals surface area (Å²) in [4.78, 5) is 13.5. The molecule has 0 bridgehead atoms. The zero-order chi connectivity index (χ0) is 13.9. The van der Waals surface area contributed by atoms with E-state index in [1.165, 1.54) is 6.42 Å². The van der Waals surface area contributed by atoms with Crippen LogP contribution in [0.3, 0.4) is 0 Å². The normalized spacial score (nSPS) is 19.9. The molecule has 0 amide bonds. The maximum atomic E-state index is 11.3. The van der Waals surface area contributed by atoms with E-state index in [-0.39, 0.29) is 6.42 Å². The standard InChI is InChI=1S/C15H20ClNO2/c1-15(11-14(18)19,17-9-5-2-6-10-17)12-7-3-4-8-13(12)16/h3-4,7-8H,2,5-6,9-11H2,1H3,(H,18,19). The molecule has 19 heavy (non-hydrogen) atoms. The average molecular weight is 282 g/mol. The number of carboxylic acids is 1. The lowest BCUT2D eigenvalue weighted by molar-refractivity contribution is -0.140. The number of likely N-dealkylation sites (tertiary alicyclic amines) is 1. The number of carboxylic acid groups (broad SMARTS) is 1. The van der Waals surface area contributed by atoms with Crippen molar-refractivity contribution in [1.29, 1.82) is 0 Å². The molecule has 0 spiro atoms. The van der Waals surface area contributed by atoms with E-state index in [2.05, 4.69) is 4.90 Å². The van der Waals surface area contributed by atoms with Gasteiger partial charge in [-0.05, 0) is 44.5 Å². The fourth-order valence-electron chi connectivity index (χ4n) is 2.96. The smallest absolute Gasteiger partial charge is 0.305 e. The van der Waals surface area contributed by atoms with Gasteiger partial charge in [-0.1, -0.05) is 36.2 Å². The first kappa shape index (κ1) is 14.4. The second-order valence-electron chi connectivity index (χ2n) is 5.37. The van der Waals surface area contributed by atoms with Crippen molar-refractivity contribution in [3.63, 3.8) is 0 Å². The fraction of sp³-hybridized carbons (Fsp3) is 0.533. The summed E-state index contributed by atoms with van der Waals surface area (Å²) in [5.41, 5.74) is 0.394. The average Bonchev–Trinajstić information content (AvgIpc) is 2.39. The molecule has 0 saturated carbocycles. The monoisotopic (exact) mass is 281 g/mol.